The SMILES string of the molecule is CCNC(=NCCOCC1CCCO1)N(C)Cc1ccccc1Br. The highest BCUT2D eigenvalue weighted by Crippen LogP contribution is 2.17. The predicted octanol–water partition coefficient (Wildman–Crippen LogP) is 3.04. The maximum absolute atomic E-state index is 5.68. The Morgan fingerprint density at radius 2 is 2.29 bits per heavy atom. The van der Waals surface area contributed by atoms with Gasteiger partial charge in [0, 0.05) is 31.2 Å². The molecule has 24 heavy (non-hydrogen) atoms. The van der Waals surface area contributed by atoms with Crippen molar-refractivity contribution < 1.29 is 9.47 Å². The van der Waals surface area contributed by atoms with Gasteiger partial charge in [0.05, 0.1) is 25.9 Å². The first-order valence-electron chi connectivity index (χ1n) is 8.63. The fraction of sp³-hybridized carbons (Fsp3) is 0.611. The van der Waals surface area contributed by atoms with Crippen LogP contribution >= 0.6 is 15.9 Å². The van der Waals surface area contributed by atoms with E-state index in [0.717, 1.165) is 43.0 Å². The molecule has 2 rings (SSSR count). The Morgan fingerprint density at radius 1 is 1.46 bits per heavy atom. The average Bonchev–Trinajstić information content (AvgIpc) is 3.09. The number of nitrogens with zero attached hydrogens (tertiary/aromatic N) is 2. The van der Waals surface area contributed by atoms with Gasteiger partial charge in [-0.1, -0.05) is 34.1 Å². The minimum atomic E-state index is 0.278. The first-order chi connectivity index (χ1) is 11.7. The normalized spacial score (nSPS) is 18.0. The predicted molar refractivity (Wildman–Crippen MR) is 101 cm³/mol. The fourth-order valence-corrected chi connectivity index (χ4v) is 3.04. The van der Waals surface area contributed by atoms with Crippen LogP contribution < -0.4 is 5.32 Å². The molecule has 134 valence electrons. The summed E-state index contributed by atoms with van der Waals surface area (Å²) in [7, 11) is 2.05. The summed E-state index contributed by atoms with van der Waals surface area (Å²) in [4.78, 5) is 6.78. The first kappa shape index (κ1) is 19.2. The first-order valence-corrected chi connectivity index (χ1v) is 9.42. The second kappa shape index (κ2) is 10.7. The van der Waals surface area contributed by atoms with E-state index < -0.39 is 0 Å². The monoisotopic (exact) mass is 397 g/mol. The van der Waals surface area contributed by atoms with Gasteiger partial charge in [0.25, 0.3) is 0 Å². The molecule has 1 aromatic carbocycles. The lowest BCUT2D eigenvalue weighted by atomic mass is 10.2. The van der Waals surface area contributed by atoms with Gasteiger partial charge in [0.1, 0.15) is 0 Å². The van der Waals surface area contributed by atoms with Crippen LogP contribution in [0.2, 0.25) is 0 Å². The number of rotatable bonds is 8. The van der Waals surface area contributed by atoms with Gasteiger partial charge in [-0.3, -0.25) is 4.99 Å². The van der Waals surface area contributed by atoms with Crippen molar-refractivity contribution in [2.45, 2.75) is 32.4 Å². The van der Waals surface area contributed by atoms with Crippen molar-refractivity contribution in [2.24, 2.45) is 4.99 Å². The number of aliphatic imine (C=N–C) groups is 1. The highest BCUT2D eigenvalue weighted by molar-refractivity contribution is 9.10. The van der Waals surface area contributed by atoms with Crippen molar-refractivity contribution >= 4 is 21.9 Å². The van der Waals surface area contributed by atoms with E-state index in [-0.39, 0.29) is 6.10 Å². The summed E-state index contributed by atoms with van der Waals surface area (Å²) in [5.74, 6) is 0.897. The molecule has 1 heterocycles. The zero-order valence-electron chi connectivity index (χ0n) is 14.6. The molecule has 0 aromatic heterocycles. The van der Waals surface area contributed by atoms with Crippen molar-refractivity contribution in [3.05, 3.63) is 34.3 Å². The maximum atomic E-state index is 5.68. The van der Waals surface area contributed by atoms with Gasteiger partial charge >= 0.3 is 0 Å². The summed E-state index contributed by atoms with van der Waals surface area (Å²) < 4.78 is 12.3. The third-order valence-corrected chi connectivity index (χ3v) is 4.66. The molecule has 6 heteroatoms. The Kier molecular flexibility index (Phi) is 8.56. The molecule has 0 bridgehead atoms. The van der Waals surface area contributed by atoms with Crippen molar-refractivity contribution in [3.63, 3.8) is 0 Å². The van der Waals surface area contributed by atoms with Crippen LogP contribution in [-0.2, 0) is 16.0 Å². The topological polar surface area (TPSA) is 46.1 Å². The van der Waals surface area contributed by atoms with Gasteiger partial charge in [-0.25, -0.2) is 0 Å². The molecular formula is C18H28BrN3O2. The van der Waals surface area contributed by atoms with Gasteiger partial charge in [0.2, 0.25) is 0 Å². The number of nitrogens with one attached hydrogen (secondary N) is 1. The van der Waals surface area contributed by atoms with Gasteiger partial charge in [-0.2, -0.15) is 0 Å². The molecule has 1 unspecified atom stereocenters. The second-order valence-electron chi connectivity index (χ2n) is 5.89. The summed E-state index contributed by atoms with van der Waals surface area (Å²) in [6.07, 6.45) is 2.54. The van der Waals surface area contributed by atoms with Crippen molar-refractivity contribution in [1.29, 1.82) is 0 Å². The van der Waals surface area contributed by atoms with E-state index in [1.54, 1.807) is 0 Å². The number of ether oxygens (including phenoxy) is 2. The number of benzene rings is 1. The molecule has 0 saturated carbocycles. The molecule has 0 amide bonds. The maximum Gasteiger partial charge on any atom is 0.194 e. The largest absolute Gasteiger partial charge is 0.377 e. The van der Waals surface area contributed by atoms with Gasteiger partial charge in [-0.05, 0) is 31.4 Å². The summed E-state index contributed by atoms with van der Waals surface area (Å²) in [5.41, 5.74) is 1.24. The average molecular weight is 398 g/mol. The van der Waals surface area contributed by atoms with Crippen molar-refractivity contribution in [3.8, 4) is 0 Å². The fourth-order valence-electron chi connectivity index (χ4n) is 2.63. The van der Waals surface area contributed by atoms with Crippen LogP contribution in [0, 0.1) is 0 Å². The zero-order chi connectivity index (χ0) is 17.2. The Morgan fingerprint density at radius 3 is 3.00 bits per heavy atom. The van der Waals surface area contributed by atoms with Crippen LogP contribution in [-0.4, -0.2) is 56.9 Å². The standard InChI is InChI=1S/C18H28BrN3O2/c1-3-20-18(21-10-12-23-14-16-8-6-11-24-16)22(2)13-15-7-4-5-9-17(15)19/h4-5,7,9,16H,3,6,8,10-14H2,1-2H3,(H,20,21). The second-order valence-corrected chi connectivity index (χ2v) is 6.75. The Balaban J connectivity index is 1.79. The molecule has 1 fully saturated rings. The molecule has 1 saturated heterocycles. The van der Waals surface area contributed by atoms with Gasteiger partial charge in [0.15, 0.2) is 5.96 Å². The third-order valence-electron chi connectivity index (χ3n) is 3.89. The Hall–Kier alpha value is -1.11. The summed E-state index contributed by atoms with van der Waals surface area (Å²) in [6.45, 7) is 6.54. The highest BCUT2D eigenvalue weighted by Gasteiger charge is 2.15. The lowest BCUT2D eigenvalue weighted by Crippen LogP contribution is -2.38. The van der Waals surface area contributed by atoms with E-state index in [2.05, 4.69) is 56.3 Å². The van der Waals surface area contributed by atoms with Crippen LogP contribution in [0.5, 0.6) is 0 Å². The molecule has 1 N–H and O–H groups in total. The molecule has 0 radical (unpaired) electrons. The van der Waals surface area contributed by atoms with Crippen LogP contribution in [0.1, 0.15) is 25.3 Å². The zero-order valence-corrected chi connectivity index (χ0v) is 16.2. The number of halogens is 1. The molecule has 1 aliphatic rings. The molecule has 1 aliphatic heterocycles. The molecule has 0 aliphatic carbocycles. The van der Waals surface area contributed by atoms with E-state index in [0.29, 0.717) is 19.8 Å². The Bertz CT molecular complexity index is 519. The molecule has 1 atom stereocenters. The smallest absolute Gasteiger partial charge is 0.194 e. The third kappa shape index (κ3) is 6.42. The van der Waals surface area contributed by atoms with Crippen molar-refractivity contribution in [2.75, 3.05) is 40.0 Å². The minimum Gasteiger partial charge on any atom is -0.377 e. The summed E-state index contributed by atoms with van der Waals surface area (Å²) in [5, 5.41) is 3.33. The van der Waals surface area contributed by atoms with E-state index in [1.807, 2.05) is 13.1 Å². The van der Waals surface area contributed by atoms with Crippen LogP contribution in [0.4, 0.5) is 0 Å². The van der Waals surface area contributed by atoms with E-state index >= 15 is 0 Å². The number of hydrogen-bond donors (Lipinski definition) is 1. The van der Waals surface area contributed by atoms with E-state index in [9.17, 15) is 0 Å². The lowest BCUT2D eigenvalue weighted by Gasteiger charge is -2.22. The molecular weight excluding hydrogens is 370 g/mol. The van der Waals surface area contributed by atoms with Crippen LogP contribution in [0.3, 0.4) is 0 Å². The highest BCUT2D eigenvalue weighted by atomic mass is 79.9. The van der Waals surface area contributed by atoms with Crippen LogP contribution in [0.25, 0.3) is 0 Å². The number of guanidine groups is 1. The quantitative estimate of drug-likeness (QED) is 0.416. The summed E-state index contributed by atoms with van der Waals surface area (Å²) in [6, 6.07) is 8.26. The van der Waals surface area contributed by atoms with E-state index in [1.165, 1.54) is 5.56 Å². The molecule has 5 nitrogen and oxygen atoms in total. The Labute approximate surface area is 153 Å². The number of hydrogen-bond acceptors (Lipinski definition) is 3. The molecule has 0 spiro atoms. The van der Waals surface area contributed by atoms with Crippen LogP contribution in [0.15, 0.2) is 33.7 Å². The molecule has 1 aromatic rings. The minimum absolute atomic E-state index is 0.278. The van der Waals surface area contributed by atoms with E-state index in [4.69, 9.17) is 9.47 Å². The summed E-state index contributed by atoms with van der Waals surface area (Å²) >= 11 is 3.60. The van der Waals surface area contributed by atoms with Crippen molar-refractivity contribution in [1.82, 2.24) is 10.2 Å². The van der Waals surface area contributed by atoms with Gasteiger partial charge in [-0.15, -0.1) is 0 Å². The lowest BCUT2D eigenvalue weighted by molar-refractivity contribution is 0.0199. The van der Waals surface area contributed by atoms with Gasteiger partial charge < -0.3 is 19.7 Å².